The molecule has 0 saturated carbocycles. The van der Waals surface area contributed by atoms with E-state index in [-0.39, 0.29) is 0 Å². The second kappa shape index (κ2) is 7.81. The fourth-order valence-corrected chi connectivity index (χ4v) is 3.68. The lowest BCUT2D eigenvalue weighted by molar-refractivity contribution is -0.371. The zero-order valence-corrected chi connectivity index (χ0v) is 16.6. The van der Waals surface area contributed by atoms with Crippen molar-refractivity contribution in [1.29, 1.82) is 0 Å². The van der Waals surface area contributed by atoms with Crippen molar-refractivity contribution in [3.63, 3.8) is 0 Å². The van der Waals surface area contributed by atoms with Crippen LogP contribution in [0.4, 0.5) is 0 Å². The standard InChI is InChI=1S/C19H38NO3/c1-9-18(10-2)14-19(22-11-15(3)4,23-12-16(5)6)13-17(7,8)20(18)21/h15-16H,9-14H2,1-8H3. The van der Waals surface area contributed by atoms with Gasteiger partial charge in [-0.2, -0.15) is 0 Å². The minimum absolute atomic E-state index is 0.407. The first kappa shape index (κ1) is 20.9. The second-order valence-corrected chi connectivity index (χ2v) is 8.71. The van der Waals surface area contributed by atoms with Gasteiger partial charge in [-0.05, 0) is 38.5 Å². The summed E-state index contributed by atoms with van der Waals surface area (Å²) in [5, 5.41) is 14.3. The van der Waals surface area contributed by atoms with Gasteiger partial charge in [0.25, 0.3) is 0 Å². The van der Waals surface area contributed by atoms with Gasteiger partial charge >= 0.3 is 0 Å². The topological polar surface area (TPSA) is 41.6 Å². The molecule has 0 N–H and O–H groups in total. The third-order valence-corrected chi connectivity index (χ3v) is 4.96. The summed E-state index contributed by atoms with van der Waals surface area (Å²) in [6.07, 6.45) is 2.90. The number of hydrogen-bond donors (Lipinski definition) is 0. The van der Waals surface area contributed by atoms with Crippen LogP contribution < -0.4 is 0 Å². The maximum absolute atomic E-state index is 13.0. The molecule has 4 heteroatoms. The summed E-state index contributed by atoms with van der Waals surface area (Å²) in [7, 11) is 0. The maximum atomic E-state index is 13.0. The van der Waals surface area contributed by atoms with Gasteiger partial charge in [-0.3, -0.25) is 0 Å². The summed E-state index contributed by atoms with van der Waals surface area (Å²) < 4.78 is 12.7. The van der Waals surface area contributed by atoms with E-state index in [0.29, 0.717) is 37.9 Å². The van der Waals surface area contributed by atoms with E-state index in [0.717, 1.165) is 12.8 Å². The lowest BCUT2D eigenvalue weighted by Crippen LogP contribution is -2.67. The summed E-state index contributed by atoms with van der Waals surface area (Å²) in [5.41, 5.74) is -0.895. The molecule has 0 aliphatic carbocycles. The van der Waals surface area contributed by atoms with E-state index in [4.69, 9.17) is 9.47 Å². The molecule has 1 radical (unpaired) electrons. The van der Waals surface area contributed by atoms with Gasteiger partial charge in [0.2, 0.25) is 0 Å². The molecule has 0 spiro atoms. The predicted molar refractivity (Wildman–Crippen MR) is 93.5 cm³/mol. The Morgan fingerprint density at radius 1 is 0.913 bits per heavy atom. The summed E-state index contributed by atoms with van der Waals surface area (Å²) in [4.78, 5) is 0. The molecular weight excluding hydrogens is 290 g/mol. The Balaban J connectivity index is 3.14. The second-order valence-electron chi connectivity index (χ2n) is 8.71. The van der Waals surface area contributed by atoms with Crippen LogP contribution in [0.2, 0.25) is 0 Å². The van der Waals surface area contributed by atoms with Crippen molar-refractivity contribution >= 4 is 0 Å². The van der Waals surface area contributed by atoms with Crippen molar-refractivity contribution in [2.24, 2.45) is 11.8 Å². The summed E-state index contributed by atoms with van der Waals surface area (Å²) in [5.74, 6) is 0.242. The molecule has 0 aromatic rings. The van der Waals surface area contributed by atoms with Gasteiger partial charge in [-0.25, -0.2) is 0 Å². The van der Waals surface area contributed by atoms with E-state index in [1.54, 1.807) is 0 Å². The first-order chi connectivity index (χ1) is 10.5. The lowest BCUT2D eigenvalue weighted by Gasteiger charge is -2.56. The zero-order chi connectivity index (χ0) is 17.9. The molecule has 0 atom stereocenters. The van der Waals surface area contributed by atoms with Crippen LogP contribution in [0.5, 0.6) is 0 Å². The van der Waals surface area contributed by atoms with Crippen LogP contribution in [-0.4, -0.2) is 35.1 Å². The van der Waals surface area contributed by atoms with Gasteiger partial charge in [0.1, 0.15) is 0 Å². The highest BCUT2D eigenvalue weighted by molar-refractivity contribution is 5.03. The first-order valence-electron chi connectivity index (χ1n) is 9.28. The normalized spacial score (nSPS) is 23.6. The molecule has 0 aromatic heterocycles. The van der Waals surface area contributed by atoms with Crippen molar-refractivity contribution < 1.29 is 14.7 Å². The largest absolute Gasteiger partial charge is 0.350 e. The number of rotatable bonds is 8. The third kappa shape index (κ3) is 4.91. The fraction of sp³-hybridized carbons (Fsp3) is 1.00. The minimum atomic E-state index is -0.648. The molecule has 0 amide bonds. The smallest absolute Gasteiger partial charge is 0.171 e. The highest BCUT2D eigenvalue weighted by atomic mass is 16.7. The van der Waals surface area contributed by atoms with Crippen LogP contribution in [-0.2, 0) is 14.7 Å². The highest BCUT2D eigenvalue weighted by Gasteiger charge is 2.57. The van der Waals surface area contributed by atoms with Gasteiger partial charge in [-0.15, -0.1) is 10.3 Å². The van der Waals surface area contributed by atoms with Crippen LogP contribution >= 0.6 is 0 Å². The average molecular weight is 329 g/mol. The molecule has 23 heavy (non-hydrogen) atoms. The predicted octanol–water partition coefficient (Wildman–Crippen LogP) is 4.81. The van der Waals surface area contributed by atoms with E-state index in [9.17, 15) is 5.21 Å². The van der Waals surface area contributed by atoms with Crippen LogP contribution in [0.25, 0.3) is 0 Å². The lowest BCUT2D eigenvalue weighted by atomic mass is 9.73. The fourth-order valence-electron chi connectivity index (χ4n) is 3.68. The number of hydroxylamine groups is 2. The quantitative estimate of drug-likeness (QED) is 0.601. The molecule has 0 unspecified atom stereocenters. The van der Waals surface area contributed by atoms with E-state index in [1.807, 2.05) is 13.8 Å². The van der Waals surface area contributed by atoms with Gasteiger partial charge < -0.3 is 9.47 Å². The molecule has 137 valence electrons. The van der Waals surface area contributed by atoms with Crippen molar-refractivity contribution in [2.45, 2.75) is 97.9 Å². The van der Waals surface area contributed by atoms with Gasteiger partial charge in [0.05, 0.1) is 18.8 Å². The third-order valence-electron chi connectivity index (χ3n) is 4.96. The SMILES string of the molecule is CCC1(CC)CC(OCC(C)C)(OCC(C)C)CC(C)(C)N1[O]. The number of hydrogen-bond acceptors (Lipinski definition) is 3. The molecule has 0 aromatic carbocycles. The summed E-state index contributed by atoms with van der Waals surface area (Å²) in [6.45, 7) is 18.2. The van der Waals surface area contributed by atoms with Crippen LogP contribution in [0, 0.1) is 11.8 Å². The number of nitrogens with zero attached hydrogens (tertiary/aromatic N) is 1. The van der Waals surface area contributed by atoms with Gasteiger partial charge in [0.15, 0.2) is 5.79 Å². The van der Waals surface area contributed by atoms with Crippen molar-refractivity contribution in [1.82, 2.24) is 5.06 Å². The Morgan fingerprint density at radius 2 is 1.35 bits per heavy atom. The Bertz CT molecular complexity index is 350. The van der Waals surface area contributed by atoms with Gasteiger partial charge in [-0.1, -0.05) is 41.5 Å². The number of piperidine rings is 1. The van der Waals surface area contributed by atoms with E-state index in [1.165, 1.54) is 5.06 Å². The summed E-state index contributed by atoms with van der Waals surface area (Å²) >= 11 is 0. The zero-order valence-electron chi connectivity index (χ0n) is 16.6. The monoisotopic (exact) mass is 328 g/mol. The molecule has 1 rings (SSSR count). The van der Waals surface area contributed by atoms with Crippen LogP contribution in [0.15, 0.2) is 0 Å². The molecule has 4 nitrogen and oxygen atoms in total. The van der Waals surface area contributed by atoms with Crippen molar-refractivity contribution in [2.75, 3.05) is 13.2 Å². The Labute approximate surface area is 143 Å². The molecule has 1 aliphatic heterocycles. The number of ether oxygens (including phenoxy) is 2. The molecule has 1 heterocycles. The molecule has 0 bridgehead atoms. The highest BCUT2D eigenvalue weighted by Crippen LogP contribution is 2.48. The van der Waals surface area contributed by atoms with E-state index in [2.05, 4.69) is 41.5 Å². The van der Waals surface area contributed by atoms with E-state index < -0.39 is 16.9 Å². The molecular formula is C19H38NO3. The van der Waals surface area contributed by atoms with Gasteiger partial charge in [0, 0.05) is 18.4 Å². The Morgan fingerprint density at radius 3 is 1.70 bits per heavy atom. The Kier molecular flexibility index (Phi) is 7.10. The molecule has 1 saturated heterocycles. The minimum Gasteiger partial charge on any atom is -0.350 e. The first-order valence-corrected chi connectivity index (χ1v) is 9.28. The average Bonchev–Trinajstić information content (AvgIpc) is 2.47. The van der Waals surface area contributed by atoms with Crippen molar-refractivity contribution in [3.8, 4) is 0 Å². The molecule has 1 fully saturated rings. The van der Waals surface area contributed by atoms with Crippen molar-refractivity contribution in [3.05, 3.63) is 0 Å². The molecule has 1 aliphatic rings. The maximum Gasteiger partial charge on any atom is 0.171 e. The van der Waals surface area contributed by atoms with Crippen LogP contribution in [0.1, 0.15) is 81.1 Å². The van der Waals surface area contributed by atoms with Crippen LogP contribution in [0.3, 0.4) is 0 Å². The summed E-state index contributed by atoms with van der Waals surface area (Å²) in [6, 6.07) is 0. The van der Waals surface area contributed by atoms with E-state index >= 15 is 0 Å². The Hall–Kier alpha value is -0.160.